The molecule has 0 saturated heterocycles. The number of nitrogens with two attached hydrogens (primary N) is 1. The Balaban J connectivity index is 2.24. The number of hydrogen-bond acceptors (Lipinski definition) is 3. The van der Waals surface area contributed by atoms with Gasteiger partial charge in [-0.1, -0.05) is 6.07 Å². The highest BCUT2D eigenvalue weighted by Gasteiger charge is 2.08. The predicted octanol–water partition coefficient (Wildman–Crippen LogP) is 2.29. The molecule has 0 fully saturated rings. The molecule has 84 valence electrons. The summed E-state index contributed by atoms with van der Waals surface area (Å²) in [7, 11) is 0. The largest absolute Gasteiger partial charge is 0.395 e. The van der Waals surface area contributed by atoms with Crippen molar-refractivity contribution in [3.8, 4) is 11.4 Å². The van der Waals surface area contributed by atoms with Crippen LogP contribution in [0.3, 0.4) is 0 Å². The van der Waals surface area contributed by atoms with Crippen molar-refractivity contribution in [3.05, 3.63) is 48.4 Å². The van der Waals surface area contributed by atoms with Crippen LogP contribution in [0.25, 0.3) is 17.0 Å². The van der Waals surface area contributed by atoms with E-state index in [4.69, 9.17) is 5.73 Å². The Kier molecular flexibility index (Phi) is 2.08. The third-order valence-electron chi connectivity index (χ3n) is 2.81. The first kappa shape index (κ1) is 9.84. The van der Waals surface area contributed by atoms with E-state index in [1.165, 1.54) is 0 Å². The summed E-state index contributed by atoms with van der Waals surface area (Å²) in [6, 6.07) is 7.75. The van der Waals surface area contributed by atoms with Crippen molar-refractivity contribution < 1.29 is 0 Å². The minimum atomic E-state index is 0.717. The number of hydrogen-bond donors (Lipinski definition) is 1. The zero-order chi connectivity index (χ0) is 11.8. The van der Waals surface area contributed by atoms with Gasteiger partial charge < -0.3 is 10.1 Å². The van der Waals surface area contributed by atoms with Gasteiger partial charge in [0.1, 0.15) is 5.69 Å². The summed E-state index contributed by atoms with van der Waals surface area (Å²) in [5.41, 5.74) is 10.2. The van der Waals surface area contributed by atoms with E-state index in [0.29, 0.717) is 0 Å². The maximum Gasteiger partial charge on any atom is 0.161 e. The van der Waals surface area contributed by atoms with Gasteiger partial charge in [0, 0.05) is 18.6 Å². The number of fused-ring (bicyclic) bond motifs is 1. The second-order valence-corrected chi connectivity index (χ2v) is 3.98. The van der Waals surface area contributed by atoms with Gasteiger partial charge in [-0.05, 0) is 30.7 Å². The molecular formula is C13H12N4. The first-order valence-corrected chi connectivity index (χ1v) is 5.41. The lowest BCUT2D eigenvalue weighted by Crippen LogP contribution is -1.94. The van der Waals surface area contributed by atoms with Crippen molar-refractivity contribution in [2.75, 3.05) is 5.73 Å². The van der Waals surface area contributed by atoms with Crippen molar-refractivity contribution >= 4 is 11.3 Å². The highest BCUT2D eigenvalue weighted by molar-refractivity contribution is 5.72. The molecule has 0 atom stereocenters. The van der Waals surface area contributed by atoms with Gasteiger partial charge in [0.2, 0.25) is 0 Å². The van der Waals surface area contributed by atoms with Gasteiger partial charge in [0.05, 0.1) is 11.4 Å². The topological polar surface area (TPSA) is 56.2 Å². The molecule has 4 heteroatoms. The van der Waals surface area contributed by atoms with Gasteiger partial charge in [-0.3, -0.25) is 4.98 Å². The van der Waals surface area contributed by atoms with Crippen molar-refractivity contribution in [2.24, 2.45) is 0 Å². The molecule has 3 heterocycles. The van der Waals surface area contributed by atoms with Gasteiger partial charge in [-0.2, -0.15) is 0 Å². The summed E-state index contributed by atoms with van der Waals surface area (Å²) in [5, 5.41) is 0. The van der Waals surface area contributed by atoms with E-state index in [2.05, 4.69) is 9.97 Å². The number of aryl methyl sites for hydroxylation is 1. The molecule has 2 N–H and O–H groups in total. The standard InChI is InChI=1S/C13H12N4/c1-9-5-7-17-8-11(16-13(17)12(9)14)10-4-2-3-6-15-10/h2-8H,14H2,1H3. The zero-order valence-corrected chi connectivity index (χ0v) is 9.46. The van der Waals surface area contributed by atoms with Crippen molar-refractivity contribution in [1.29, 1.82) is 0 Å². The van der Waals surface area contributed by atoms with Crippen molar-refractivity contribution in [3.63, 3.8) is 0 Å². The molecule has 4 nitrogen and oxygen atoms in total. The molecule has 0 spiro atoms. The maximum atomic E-state index is 6.01. The van der Waals surface area contributed by atoms with Crippen LogP contribution in [0.4, 0.5) is 5.69 Å². The van der Waals surface area contributed by atoms with Crippen LogP contribution in [0.2, 0.25) is 0 Å². The molecule has 0 aromatic carbocycles. The number of nitrogens with zero attached hydrogens (tertiary/aromatic N) is 3. The summed E-state index contributed by atoms with van der Waals surface area (Å²) in [5.74, 6) is 0. The molecule has 17 heavy (non-hydrogen) atoms. The van der Waals surface area contributed by atoms with Crippen LogP contribution in [0, 0.1) is 6.92 Å². The van der Waals surface area contributed by atoms with Crippen LogP contribution in [0.5, 0.6) is 0 Å². The van der Waals surface area contributed by atoms with E-state index in [0.717, 1.165) is 28.3 Å². The molecule has 0 bridgehead atoms. The highest BCUT2D eigenvalue weighted by Crippen LogP contribution is 2.21. The SMILES string of the molecule is Cc1ccn2cc(-c3ccccn3)nc2c1N. The predicted molar refractivity (Wildman–Crippen MR) is 67.6 cm³/mol. The second-order valence-electron chi connectivity index (χ2n) is 3.98. The van der Waals surface area contributed by atoms with Gasteiger partial charge in [0.15, 0.2) is 5.65 Å². The summed E-state index contributed by atoms with van der Waals surface area (Å²) in [4.78, 5) is 8.80. The number of pyridine rings is 2. The smallest absolute Gasteiger partial charge is 0.161 e. The Labute approximate surface area is 98.8 Å². The quantitative estimate of drug-likeness (QED) is 0.690. The Morgan fingerprint density at radius 1 is 1.18 bits per heavy atom. The summed E-state index contributed by atoms with van der Waals surface area (Å²) in [6.07, 6.45) is 5.65. The fourth-order valence-electron chi connectivity index (χ4n) is 1.80. The molecular weight excluding hydrogens is 212 g/mol. The van der Waals surface area contributed by atoms with Crippen LogP contribution < -0.4 is 5.73 Å². The van der Waals surface area contributed by atoms with Gasteiger partial charge in [0.25, 0.3) is 0 Å². The third kappa shape index (κ3) is 1.54. The first-order valence-electron chi connectivity index (χ1n) is 5.41. The number of nitrogen functional groups attached to an aromatic ring is 1. The van der Waals surface area contributed by atoms with Crippen LogP contribution in [0.15, 0.2) is 42.9 Å². The van der Waals surface area contributed by atoms with E-state index >= 15 is 0 Å². The minimum Gasteiger partial charge on any atom is -0.395 e. The lowest BCUT2D eigenvalue weighted by molar-refractivity contribution is 1.17. The number of imidazole rings is 1. The van der Waals surface area contributed by atoms with Crippen LogP contribution >= 0.6 is 0 Å². The van der Waals surface area contributed by atoms with Crippen molar-refractivity contribution in [2.45, 2.75) is 6.92 Å². The molecule has 0 amide bonds. The molecule has 0 radical (unpaired) electrons. The lowest BCUT2D eigenvalue weighted by Gasteiger charge is -2.00. The average molecular weight is 224 g/mol. The Morgan fingerprint density at radius 2 is 2.06 bits per heavy atom. The molecule has 3 aromatic rings. The number of rotatable bonds is 1. The lowest BCUT2D eigenvalue weighted by atomic mass is 10.2. The minimum absolute atomic E-state index is 0.717. The van der Waals surface area contributed by atoms with Gasteiger partial charge in [-0.15, -0.1) is 0 Å². The summed E-state index contributed by atoms with van der Waals surface area (Å²) < 4.78 is 1.92. The van der Waals surface area contributed by atoms with Crippen LogP contribution in [0.1, 0.15) is 5.56 Å². The molecule has 0 aliphatic heterocycles. The summed E-state index contributed by atoms with van der Waals surface area (Å²) in [6.45, 7) is 1.98. The Hall–Kier alpha value is -2.36. The molecule has 3 rings (SSSR count). The van der Waals surface area contributed by atoms with Crippen LogP contribution in [-0.4, -0.2) is 14.4 Å². The molecule has 0 aliphatic rings. The summed E-state index contributed by atoms with van der Waals surface area (Å²) >= 11 is 0. The van der Waals surface area contributed by atoms with E-state index in [-0.39, 0.29) is 0 Å². The number of anilines is 1. The molecule has 0 aliphatic carbocycles. The molecule has 0 unspecified atom stereocenters. The Bertz CT molecular complexity index is 670. The van der Waals surface area contributed by atoms with Gasteiger partial charge >= 0.3 is 0 Å². The monoisotopic (exact) mass is 224 g/mol. The number of aromatic nitrogens is 3. The van der Waals surface area contributed by atoms with E-state index in [1.807, 2.05) is 48.0 Å². The zero-order valence-electron chi connectivity index (χ0n) is 9.46. The second kappa shape index (κ2) is 3.59. The normalized spacial score (nSPS) is 10.9. The van der Waals surface area contributed by atoms with E-state index in [9.17, 15) is 0 Å². The average Bonchev–Trinajstić information content (AvgIpc) is 2.80. The molecule has 3 aromatic heterocycles. The van der Waals surface area contributed by atoms with E-state index < -0.39 is 0 Å². The van der Waals surface area contributed by atoms with Crippen molar-refractivity contribution in [1.82, 2.24) is 14.4 Å². The maximum absolute atomic E-state index is 6.01. The molecule has 0 saturated carbocycles. The fraction of sp³-hybridized carbons (Fsp3) is 0.0769. The fourth-order valence-corrected chi connectivity index (χ4v) is 1.80. The first-order chi connectivity index (χ1) is 8.25. The van der Waals surface area contributed by atoms with Gasteiger partial charge in [-0.25, -0.2) is 4.98 Å². The third-order valence-corrected chi connectivity index (χ3v) is 2.81. The highest BCUT2D eigenvalue weighted by atomic mass is 15.0. The van der Waals surface area contributed by atoms with E-state index in [1.54, 1.807) is 6.20 Å². The van der Waals surface area contributed by atoms with Crippen LogP contribution in [-0.2, 0) is 0 Å². The Morgan fingerprint density at radius 3 is 2.82 bits per heavy atom.